The van der Waals surface area contributed by atoms with Crippen molar-refractivity contribution in [3.63, 3.8) is 0 Å². The van der Waals surface area contributed by atoms with Crippen LogP contribution in [0, 0.1) is 0 Å². The Bertz CT molecular complexity index is 327. The Morgan fingerprint density at radius 3 is 2.38 bits per heavy atom. The first-order chi connectivity index (χ1) is 6.95. The van der Waals surface area contributed by atoms with Gasteiger partial charge in [-0.2, -0.15) is 13.2 Å². The van der Waals surface area contributed by atoms with Crippen LogP contribution in [0.25, 0.3) is 0 Å². The van der Waals surface area contributed by atoms with Crippen molar-refractivity contribution in [2.75, 3.05) is 6.67 Å². The van der Waals surface area contributed by atoms with Crippen LogP contribution in [-0.4, -0.2) is 6.67 Å². The molecule has 0 spiro atoms. The Balaban J connectivity index is 0.00000225. The van der Waals surface area contributed by atoms with Crippen LogP contribution in [0.1, 0.15) is 23.6 Å². The third-order valence-corrected chi connectivity index (χ3v) is 2.06. The molecule has 0 amide bonds. The van der Waals surface area contributed by atoms with E-state index in [0.717, 1.165) is 12.1 Å². The normalized spacial score (nSPS) is 13.1. The molecule has 0 unspecified atom stereocenters. The molecule has 6 heteroatoms. The molecule has 0 saturated heterocycles. The summed E-state index contributed by atoms with van der Waals surface area (Å²) in [6.45, 7) is -0.641. The van der Waals surface area contributed by atoms with E-state index in [9.17, 15) is 17.6 Å². The van der Waals surface area contributed by atoms with Crippen LogP contribution in [-0.2, 0) is 6.18 Å². The Kier molecular flexibility index (Phi) is 5.75. The first-order valence-corrected chi connectivity index (χ1v) is 4.44. The highest BCUT2D eigenvalue weighted by molar-refractivity contribution is 5.85. The first-order valence-electron chi connectivity index (χ1n) is 4.44. The highest BCUT2D eigenvalue weighted by Crippen LogP contribution is 2.30. The van der Waals surface area contributed by atoms with Crippen LogP contribution in [0.4, 0.5) is 17.6 Å². The SMILES string of the molecule is Cl.N[C@H](CCF)c1cccc(C(F)(F)F)c1. The van der Waals surface area contributed by atoms with E-state index in [4.69, 9.17) is 5.73 Å². The summed E-state index contributed by atoms with van der Waals surface area (Å²) >= 11 is 0. The second kappa shape index (κ2) is 6.06. The summed E-state index contributed by atoms with van der Waals surface area (Å²) in [4.78, 5) is 0. The van der Waals surface area contributed by atoms with Crippen molar-refractivity contribution in [1.82, 2.24) is 0 Å². The molecule has 0 aromatic heterocycles. The lowest BCUT2D eigenvalue weighted by Gasteiger charge is -2.12. The summed E-state index contributed by atoms with van der Waals surface area (Å²) in [5.74, 6) is 0. The van der Waals surface area contributed by atoms with Gasteiger partial charge in [0, 0.05) is 6.04 Å². The van der Waals surface area contributed by atoms with E-state index < -0.39 is 24.5 Å². The lowest BCUT2D eigenvalue weighted by atomic mass is 10.0. The maximum Gasteiger partial charge on any atom is 0.416 e. The minimum absolute atomic E-state index is 0. The highest BCUT2D eigenvalue weighted by atomic mass is 35.5. The van der Waals surface area contributed by atoms with Gasteiger partial charge in [0.2, 0.25) is 0 Å². The van der Waals surface area contributed by atoms with Crippen LogP contribution < -0.4 is 5.73 Å². The van der Waals surface area contributed by atoms with Gasteiger partial charge in [-0.1, -0.05) is 12.1 Å². The number of hydrogen-bond donors (Lipinski definition) is 1. The molecule has 92 valence electrons. The number of rotatable bonds is 3. The second-order valence-electron chi connectivity index (χ2n) is 3.21. The Morgan fingerprint density at radius 1 is 1.25 bits per heavy atom. The summed E-state index contributed by atoms with van der Waals surface area (Å²) in [6, 6.07) is 3.98. The molecule has 0 aliphatic carbocycles. The zero-order valence-corrected chi connectivity index (χ0v) is 9.11. The van der Waals surface area contributed by atoms with Crippen molar-refractivity contribution in [2.45, 2.75) is 18.6 Å². The zero-order chi connectivity index (χ0) is 11.5. The fraction of sp³-hybridized carbons (Fsp3) is 0.400. The summed E-state index contributed by atoms with van der Waals surface area (Å²) in [7, 11) is 0. The summed E-state index contributed by atoms with van der Waals surface area (Å²) < 4.78 is 48.9. The number of halogens is 5. The number of hydrogen-bond acceptors (Lipinski definition) is 1. The molecule has 2 N–H and O–H groups in total. The molecule has 1 atom stereocenters. The lowest BCUT2D eigenvalue weighted by Crippen LogP contribution is -2.13. The molecule has 0 fully saturated rings. The van der Waals surface area contributed by atoms with E-state index in [1.54, 1.807) is 0 Å². The van der Waals surface area contributed by atoms with Crippen LogP contribution in [0.2, 0.25) is 0 Å². The number of alkyl halides is 4. The predicted octanol–water partition coefficient (Wildman–Crippen LogP) is 3.49. The van der Waals surface area contributed by atoms with Crippen molar-refractivity contribution in [3.05, 3.63) is 35.4 Å². The van der Waals surface area contributed by atoms with Gasteiger partial charge in [0.15, 0.2) is 0 Å². The van der Waals surface area contributed by atoms with Gasteiger partial charge in [-0.05, 0) is 24.1 Å². The molecule has 0 aliphatic rings. The van der Waals surface area contributed by atoms with Gasteiger partial charge in [-0.15, -0.1) is 12.4 Å². The standard InChI is InChI=1S/C10H11F4N.ClH/c11-5-4-9(15)7-2-1-3-8(6-7)10(12,13)14;/h1-3,6,9H,4-5,15H2;1H/t9-;/m1./s1. The van der Waals surface area contributed by atoms with E-state index in [2.05, 4.69) is 0 Å². The molecule has 16 heavy (non-hydrogen) atoms. The average molecular weight is 258 g/mol. The van der Waals surface area contributed by atoms with E-state index >= 15 is 0 Å². The van der Waals surface area contributed by atoms with Crippen molar-refractivity contribution in [1.29, 1.82) is 0 Å². The lowest BCUT2D eigenvalue weighted by molar-refractivity contribution is -0.137. The molecule has 0 bridgehead atoms. The van der Waals surface area contributed by atoms with Crippen LogP contribution in [0.5, 0.6) is 0 Å². The summed E-state index contributed by atoms with van der Waals surface area (Å²) in [5, 5.41) is 0. The van der Waals surface area contributed by atoms with E-state index in [0.29, 0.717) is 5.56 Å². The van der Waals surface area contributed by atoms with Crippen molar-refractivity contribution >= 4 is 12.4 Å². The fourth-order valence-electron chi connectivity index (χ4n) is 1.23. The van der Waals surface area contributed by atoms with Gasteiger partial charge in [0.05, 0.1) is 12.2 Å². The molecule has 0 saturated carbocycles. The Labute approximate surface area is 97.0 Å². The number of nitrogens with two attached hydrogens (primary N) is 1. The topological polar surface area (TPSA) is 26.0 Å². The van der Waals surface area contributed by atoms with E-state index in [1.165, 1.54) is 12.1 Å². The molecular weight excluding hydrogens is 246 g/mol. The second-order valence-corrected chi connectivity index (χ2v) is 3.21. The van der Waals surface area contributed by atoms with Gasteiger partial charge < -0.3 is 5.73 Å². The first kappa shape index (κ1) is 15.2. The summed E-state index contributed by atoms with van der Waals surface area (Å²) in [6.07, 6.45) is -4.35. The largest absolute Gasteiger partial charge is 0.416 e. The Morgan fingerprint density at radius 2 is 1.88 bits per heavy atom. The van der Waals surface area contributed by atoms with Crippen LogP contribution in [0.3, 0.4) is 0 Å². The van der Waals surface area contributed by atoms with Crippen molar-refractivity contribution in [3.8, 4) is 0 Å². The maximum absolute atomic E-state index is 12.3. The molecular formula is C10H12ClF4N. The van der Waals surface area contributed by atoms with Gasteiger partial charge >= 0.3 is 6.18 Å². The van der Waals surface area contributed by atoms with E-state index in [-0.39, 0.29) is 18.8 Å². The Hall–Kier alpha value is -0.810. The summed E-state index contributed by atoms with van der Waals surface area (Å²) in [5.41, 5.74) is 5.06. The monoisotopic (exact) mass is 257 g/mol. The molecule has 0 aliphatic heterocycles. The third kappa shape index (κ3) is 3.98. The maximum atomic E-state index is 12.3. The average Bonchev–Trinajstić information content (AvgIpc) is 2.17. The zero-order valence-electron chi connectivity index (χ0n) is 8.30. The van der Waals surface area contributed by atoms with Gasteiger partial charge in [-0.3, -0.25) is 4.39 Å². The molecule has 0 radical (unpaired) electrons. The third-order valence-electron chi connectivity index (χ3n) is 2.06. The molecule has 1 nitrogen and oxygen atoms in total. The van der Waals surface area contributed by atoms with E-state index in [1.807, 2.05) is 0 Å². The molecule has 1 aromatic carbocycles. The number of benzene rings is 1. The van der Waals surface area contributed by atoms with Crippen LogP contribution >= 0.6 is 12.4 Å². The van der Waals surface area contributed by atoms with Crippen molar-refractivity contribution < 1.29 is 17.6 Å². The predicted molar refractivity (Wildman–Crippen MR) is 56.2 cm³/mol. The van der Waals surface area contributed by atoms with Crippen molar-refractivity contribution in [2.24, 2.45) is 5.73 Å². The van der Waals surface area contributed by atoms with Gasteiger partial charge in [0.25, 0.3) is 0 Å². The molecule has 1 rings (SSSR count). The fourth-order valence-corrected chi connectivity index (χ4v) is 1.23. The van der Waals surface area contributed by atoms with Gasteiger partial charge in [-0.25, -0.2) is 0 Å². The smallest absolute Gasteiger partial charge is 0.324 e. The minimum Gasteiger partial charge on any atom is -0.324 e. The molecule has 1 aromatic rings. The molecule has 0 heterocycles. The quantitative estimate of drug-likeness (QED) is 0.824. The van der Waals surface area contributed by atoms with Crippen LogP contribution in [0.15, 0.2) is 24.3 Å². The minimum atomic E-state index is -4.38. The van der Waals surface area contributed by atoms with Gasteiger partial charge in [0.1, 0.15) is 0 Å². The highest BCUT2D eigenvalue weighted by Gasteiger charge is 2.30.